The third kappa shape index (κ3) is 5.61. The number of ether oxygens (including phenoxy) is 1. The highest BCUT2D eigenvalue weighted by Gasteiger charge is 2.07. The Morgan fingerprint density at radius 1 is 1.13 bits per heavy atom. The Morgan fingerprint density at radius 3 is 2.73 bits per heavy atom. The predicted molar refractivity (Wildman–Crippen MR) is 120 cm³/mol. The fourth-order valence-corrected chi connectivity index (χ4v) is 3.11. The van der Waals surface area contributed by atoms with E-state index < -0.39 is 0 Å². The topological polar surface area (TPSA) is 70.9 Å². The summed E-state index contributed by atoms with van der Waals surface area (Å²) in [6.45, 7) is 3.78. The SMILES string of the molecule is Cc1cccc(OCC(=O)N/N=C/c2cc(Cc3ccccc3Cl)ccc2O)c1C. The van der Waals surface area contributed by atoms with Gasteiger partial charge in [-0.15, -0.1) is 0 Å². The Morgan fingerprint density at radius 2 is 1.93 bits per heavy atom. The zero-order valence-electron chi connectivity index (χ0n) is 16.9. The molecule has 0 spiro atoms. The molecule has 5 nitrogen and oxygen atoms in total. The van der Waals surface area contributed by atoms with E-state index in [-0.39, 0.29) is 18.3 Å². The maximum atomic E-state index is 12.0. The van der Waals surface area contributed by atoms with E-state index >= 15 is 0 Å². The molecule has 0 heterocycles. The molecule has 30 heavy (non-hydrogen) atoms. The molecule has 0 fully saturated rings. The van der Waals surface area contributed by atoms with Crippen molar-refractivity contribution in [2.24, 2.45) is 5.10 Å². The summed E-state index contributed by atoms with van der Waals surface area (Å²) in [5.74, 6) is 0.348. The number of carbonyl (C=O) groups is 1. The second-order valence-corrected chi connectivity index (χ2v) is 7.35. The number of aromatic hydroxyl groups is 1. The Bertz CT molecular complexity index is 1080. The summed E-state index contributed by atoms with van der Waals surface area (Å²) in [5, 5.41) is 14.7. The molecule has 0 atom stereocenters. The normalized spacial score (nSPS) is 10.9. The highest BCUT2D eigenvalue weighted by molar-refractivity contribution is 6.31. The molecule has 0 aromatic heterocycles. The molecule has 154 valence electrons. The van der Waals surface area contributed by atoms with Crippen LogP contribution in [0.3, 0.4) is 0 Å². The summed E-state index contributed by atoms with van der Waals surface area (Å²) >= 11 is 6.22. The highest BCUT2D eigenvalue weighted by Crippen LogP contribution is 2.23. The monoisotopic (exact) mass is 422 g/mol. The molecule has 3 rings (SSSR count). The lowest BCUT2D eigenvalue weighted by molar-refractivity contribution is -0.123. The average Bonchev–Trinajstić information content (AvgIpc) is 2.73. The zero-order chi connectivity index (χ0) is 21.5. The first-order valence-electron chi connectivity index (χ1n) is 9.50. The summed E-state index contributed by atoms with van der Waals surface area (Å²) in [6, 6.07) is 18.5. The number of phenols is 1. The molecule has 0 radical (unpaired) electrons. The number of carbonyl (C=O) groups excluding carboxylic acids is 1. The van der Waals surface area contributed by atoms with Gasteiger partial charge in [-0.2, -0.15) is 5.10 Å². The van der Waals surface area contributed by atoms with Crippen molar-refractivity contribution in [1.82, 2.24) is 5.43 Å². The molecule has 6 heteroatoms. The quantitative estimate of drug-likeness (QED) is 0.425. The van der Waals surface area contributed by atoms with Gasteiger partial charge in [0.15, 0.2) is 6.61 Å². The first kappa shape index (κ1) is 21.4. The first-order valence-corrected chi connectivity index (χ1v) is 9.88. The molecule has 0 aliphatic carbocycles. The number of hydrogen-bond acceptors (Lipinski definition) is 4. The van der Waals surface area contributed by atoms with Gasteiger partial charge in [-0.05, 0) is 66.8 Å². The Kier molecular flexibility index (Phi) is 7.09. The van der Waals surface area contributed by atoms with Crippen LogP contribution in [0.25, 0.3) is 0 Å². The molecule has 0 saturated carbocycles. The number of amides is 1. The van der Waals surface area contributed by atoms with Gasteiger partial charge in [-0.3, -0.25) is 4.79 Å². The summed E-state index contributed by atoms with van der Waals surface area (Å²) in [4.78, 5) is 12.0. The minimum absolute atomic E-state index is 0.0718. The van der Waals surface area contributed by atoms with Crippen LogP contribution in [-0.4, -0.2) is 23.8 Å². The minimum Gasteiger partial charge on any atom is -0.507 e. The van der Waals surface area contributed by atoms with Crippen molar-refractivity contribution >= 4 is 23.7 Å². The second-order valence-electron chi connectivity index (χ2n) is 6.94. The first-order chi connectivity index (χ1) is 14.4. The number of hydrogen-bond donors (Lipinski definition) is 2. The van der Waals surface area contributed by atoms with Crippen molar-refractivity contribution in [1.29, 1.82) is 0 Å². The Balaban J connectivity index is 1.59. The van der Waals surface area contributed by atoms with E-state index in [0.717, 1.165) is 22.3 Å². The van der Waals surface area contributed by atoms with E-state index in [2.05, 4.69) is 10.5 Å². The van der Waals surface area contributed by atoms with Crippen LogP contribution in [-0.2, 0) is 11.2 Å². The van der Waals surface area contributed by atoms with Gasteiger partial charge >= 0.3 is 0 Å². The summed E-state index contributed by atoms with van der Waals surface area (Å²) in [6.07, 6.45) is 2.03. The molecular weight excluding hydrogens is 400 g/mol. The lowest BCUT2D eigenvalue weighted by Crippen LogP contribution is -2.24. The minimum atomic E-state index is -0.390. The molecule has 0 aliphatic heterocycles. The average molecular weight is 423 g/mol. The maximum absolute atomic E-state index is 12.0. The van der Waals surface area contributed by atoms with Gasteiger partial charge in [0.05, 0.1) is 6.21 Å². The number of aryl methyl sites for hydroxylation is 1. The number of phenolic OH excluding ortho intramolecular Hbond substituents is 1. The molecule has 3 aromatic carbocycles. The van der Waals surface area contributed by atoms with Gasteiger partial charge < -0.3 is 9.84 Å². The van der Waals surface area contributed by atoms with Gasteiger partial charge in [0.25, 0.3) is 5.91 Å². The Labute approximate surface area is 181 Å². The number of halogens is 1. The summed E-state index contributed by atoms with van der Waals surface area (Å²) in [7, 11) is 0. The van der Waals surface area contributed by atoms with Gasteiger partial charge in [0.2, 0.25) is 0 Å². The molecule has 2 N–H and O–H groups in total. The van der Waals surface area contributed by atoms with Crippen LogP contribution in [0.2, 0.25) is 5.02 Å². The molecule has 0 bridgehead atoms. The van der Waals surface area contributed by atoms with E-state index in [0.29, 0.717) is 22.8 Å². The lowest BCUT2D eigenvalue weighted by Gasteiger charge is -2.09. The van der Waals surface area contributed by atoms with E-state index in [1.807, 2.05) is 62.4 Å². The van der Waals surface area contributed by atoms with Crippen LogP contribution >= 0.6 is 11.6 Å². The predicted octanol–water partition coefficient (Wildman–Crippen LogP) is 4.78. The molecule has 0 saturated heterocycles. The Hall–Kier alpha value is -3.31. The van der Waals surface area contributed by atoms with Crippen LogP contribution in [0.15, 0.2) is 65.8 Å². The molecule has 0 aliphatic rings. The highest BCUT2D eigenvalue weighted by atomic mass is 35.5. The molecule has 1 amide bonds. The van der Waals surface area contributed by atoms with Crippen LogP contribution in [0.5, 0.6) is 11.5 Å². The fraction of sp³-hybridized carbons (Fsp3) is 0.167. The van der Waals surface area contributed by atoms with Crippen LogP contribution in [0.1, 0.15) is 27.8 Å². The number of hydrazone groups is 1. The van der Waals surface area contributed by atoms with Crippen LogP contribution < -0.4 is 10.2 Å². The van der Waals surface area contributed by atoms with Crippen molar-refractivity contribution in [2.75, 3.05) is 6.61 Å². The van der Waals surface area contributed by atoms with Gasteiger partial charge in [-0.25, -0.2) is 5.43 Å². The molecular formula is C24H23ClN2O3. The van der Waals surface area contributed by atoms with Crippen LogP contribution in [0.4, 0.5) is 0 Å². The van der Waals surface area contributed by atoms with E-state index in [4.69, 9.17) is 16.3 Å². The lowest BCUT2D eigenvalue weighted by atomic mass is 10.0. The fourth-order valence-electron chi connectivity index (χ4n) is 2.91. The summed E-state index contributed by atoms with van der Waals surface area (Å²) in [5.41, 5.74) is 6.96. The number of nitrogens with one attached hydrogen (secondary N) is 1. The van der Waals surface area contributed by atoms with Crippen LogP contribution in [0, 0.1) is 13.8 Å². The maximum Gasteiger partial charge on any atom is 0.277 e. The largest absolute Gasteiger partial charge is 0.507 e. The number of benzene rings is 3. The van der Waals surface area contributed by atoms with Crippen molar-refractivity contribution < 1.29 is 14.6 Å². The summed E-state index contributed by atoms with van der Waals surface area (Å²) < 4.78 is 5.55. The van der Waals surface area contributed by atoms with Crippen molar-refractivity contribution in [3.63, 3.8) is 0 Å². The molecule has 3 aromatic rings. The molecule has 0 unspecified atom stereocenters. The third-order valence-corrected chi connectivity index (χ3v) is 5.12. The van der Waals surface area contributed by atoms with Gasteiger partial charge in [0.1, 0.15) is 11.5 Å². The number of nitrogens with zero attached hydrogens (tertiary/aromatic N) is 1. The van der Waals surface area contributed by atoms with E-state index in [9.17, 15) is 9.90 Å². The zero-order valence-corrected chi connectivity index (χ0v) is 17.6. The van der Waals surface area contributed by atoms with Gasteiger partial charge in [-0.1, -0.05) is 48.0 Å². The van der Waals surface area contributed by atoms with Crippen molar-refractivity contribution in [3.05, 3.63) is 93.5 Å². The van der Waals surface area contributed by atoms with Crippen molar-refractivity contribution in [2.45, 2.75) is 20.3 Å². The van der Waals surface area contributed by atoms with E-state index in [1.54, 1.807) is 12.1 Å². The third-order valence-electron chi connectivity index (χ3n) is 4.75. The number of rotatable bonds is 7. The van der Waals surface area contributed by atoms with Gasteiger partial charge in [0, 0.05) is 10.6 Å². The smallest absolute Gasteiger partial charge is 0.277 e. The standard InChI is InChI=1S/C24H23ClN2O3/c1-16-6-5-9-23(17(16)2)30-15-24(29)27-26-14-20-13-18(10-11-22(20)28)12-19-7-3-4-8-21(19)25/h3-11,13-14,28H,12,15H2,1-2H3,(H,27,29)/b26-14+. The van der Waals surface area contributed by atoms with Crippen molar-refractivity contribution in [3.8, 4) is 11.5 Å². The second kappa shape index (κ2) is 9.94. The van der Waals surface area contributed by atoms with E-state index in [1.165, 1.54) is 6.21 Å².